The largest absolute Gasteiger partial charge is 0.319 e. The Morgan fingerprint density at radius 2 is 1.97 bits per heavy atom. The lowest BCUT2D eigenvalue weighted by molar-refractivity contribution is -0.122. The molecule has 6 nitrogen and oxygen atoms in total. The van der Waals surface area contributed by atoms with E-state index in [1.165, 1.54) is 27.0 Å². The van der Waals surface area contributed by atoms with Gasteiger partial charge in [0.05, 0.1) is 16.1 Å². The van der Waals surface area contributed by atoms with Crippen LogP contribution >= 0.6 is 22.7 Å². The van der Waals surface area contributed by atoms with Crippen molar-refractivity contribution in [2.45, 2.75) is 30.9 Å². The summed E-state index contributed by atoms with van der Waals surface area (Å²) in [5.74, 6) is -0.653. The number of sulfonamides is 1. The molecule has 3 heterocycles. The Hall–Kier alpha value is -1.81. The van der Waals surface area contributed by atoms with Gasteiger partial charge in [0.2, 0.25) is 0 Å². The van der Waals surface area contributed by atoms with Crippen LogP contribution in [0.15, 0.2) is 38.8 Å². The van der Waals surface area contributed by atoms with E-state index in [1.807, 2.05) is 11.6 Å². The number of hydrogen-bond donors (Lipinski definition) is 0. The number of hydrogen-bond acceptors (Lipinski definition) is 5. The first-order valence-corrected chi connectivity index (χ1v) is 12.6. The maximum absolute atomic E-state index is 12.9. The van der Waals surface area contributed by atoms with Crippen molar-refractivity contribution in [3.05, 3.63) is 45.6 Å². The molecule has 4 rings (SSSR count). The molecule has 9 heteroatoms. The van der Waals surface area contributed by atoms with Gasteiger partial charge in [0.15, 0.2) is 4.80 Å². The molecule has 1 amide bonds. The molecule has 0 N–H and O–H groups in total. The Labute approximate surface area is 178 Å². The average molecular weight is 450 g/mol. The van der Waals surface area contributed by atoms with Crippen LogP contribution in [0.4, 0.5) is 0 Å². The average Bonchev–Trinajstić information content (AvgIpc) is 3.35. The fourth-order valence-electron chi connectivity index (χ4n) is 3.75. The molecule has 1 saturated heterocycles. The number of aryl methyl sites for hydroxylation is 3. The molecular weight excluding hydrogens is 426 g/mol. The zero-order valence-electron chi connectivity index (χ0n) is 16.6. The van der Waals surface area contributed by atoms with E-state index in [1.54, 1.807) is 17.5 Å². The second kappa shape index (κ2) is 7.79. The Bertz CT molecular complexity index is 1240. The summed E-state index contributed by atoms with van der Waals surface area (Å²) in [5.41, 5.74) is 3.39. The minimum Gasteiger partial charge on any atom is -0.319 e. The van der Waals surface area contributed by atoms with Crippen molar-refractivity contribution in [3.8, 4) is 0 Å². The normalized spacial score (nSPS) is 19.1. The van der Waals surface area contributed by atoms with Crippen molar-refractivity contribution in [1.82, 2.24) is 8.87 Å². The number of thiophene rings is 1. The number of thiazole rings is 1. The van der Waals surface area contributed by atoms with Gasteiger partial charge < -0.3 is 4.57 Å². The van der Waals surface area contributed by atoms with E-state index >= 15 is 0 Å². The first-order valence-electron chi connectivity index (χ1n) is 9.47. The molecule has 2 aromatic heterocycles. The van der Waals surface area contributed by atoms with Crippen molar-refractivity contribution in [2.24, 2.45) is 18.0 Å². The molecule has 1 aromatic carbocycles. The van der Waals surface area contributed by atoms with Crippen LogP contribution in [-0.4, -0.2) is 36.3 Å². The maximum atomic E-state index is 12.9. The van der Waals surface area contributed by atoms with Crippen molar-refractivity contribution in [3.63, 3.8) is 0 Å². The number of rotatable bonds is 3. The zero-order valence-corrected chi connectivity index (χ0v) is 19.0. The highest BCUT2D eigenvalue weighted by molar-refractivity contribution is 7.91. The van der Waals surface area contributed by atoms with Crippen LogP contribution in [0.25, 0.3) is 10.2 Å². The Kier molecular flexibility index (Phi) is 5.50. The second-order valence-electron chi connectivity index (χ2n) is 7.41. The van der Waals surface area contributed by atoms with Crippen molar-refractivity contribution in [1.29, 1.82) is 0 Å². The van der Waals surface area contributed by atoms with Crippen LogP contribution < -0.4 is 4.80 Å². The van der Waals surface area contributed by atoms with Gasteiger partial charge in [0.25, 0.3) is 15.9 Å². The number of benzene rings is 1. The number of aromatic nitrogens is 1. The molecule has 1 fully saturated rings. The van der Waals surface area contributed by atoms with E-state index in [2.05, 4.69) is 31.0 Å². The number of fused-ring (bicyclic) bond motifs is 1. The monoisotopic (exact) mass is 449 g/mol. The van der Waals surface area contributed by atoms with Gasteiger partial charge in [-0.3, -0.25) is 4.79 Å². The molecule has 0 saturated carbocycles. The third-order valence-electron chi connectivity index (χ3n) is 5.37. The lowest BCUT2D eigenvalue weighted by Crippen LogP contribution is -2.42. The van der Waals surface area contributed by atoms with Crippen LogP contribution in [0.3, 0.4) is 0 Å². The summed E-state index contributed by atoms with van der Waals surface area (Å²) in [4.78, 5) is 18.0. The predicted octanol–water partition coefficient (Wildman–Crippen LogP) is 3.45. The number of piperidine rings is 1. The van der Waals surface area contributed by atoms with Crippen LogP contribution in [0, 0.1) is 19.8 Å². The standard InChI is InChI=1S/C20H23N3O3S3/c1-13-8-9-14(2)18-17(13)22(3)20(28-18)21-19(24)15-6-4-10-23(12-15)29(25,26)16-7-5-11-27-16/h5,7-9,11,15H,4,6,10,12H2,1-3H3. The van der Waals surface area contributed by atoms with Crippen molar-refractivity contribution >= 4 is 48.8 Å². The van der Waals surface area contributed by atoms with Crippen LogP contribution in [0.1, 0.15) is 24.0 Å². The summed E-state index contributed by atoms with van der Waals surface area (Å²) in [6.07, 6.45) is 1.32. The third-order valence-corrected chi connectivity index (χ3v) is 9.88. The Morgan fingerprint density at radius 3 is 2.66 bits per heavy atom. The lowest BCUT2D eigenvalue weighted by atomic mass is 9.99. The highest BCUT2D eigenvalue weighted by Crippen LogP contribution is 2.27. The highest BCUT2D eigenvalue weighted by atomic mass is 32.2. The summed E-state index contributed by atoms with van der Waals surface area (Å²) in [5, 5.41) is 1.75. The highest BCUT2D eigenvalue weighted by Gasteiger charge is 2.33. The van der Waals surface area contributed by atoms with Gasteiger partial charge in [-0.05, 0) is 49.3 Å². The molecule has 0 radical (unpaired) electrons. The van der Waals surface area contributed by atoms with Gasteiger partial charge in [-0.1, -0.05) is 29.5 Å². The smallest absolute Gasteiger partial charge is 0.252 e. The molecule has 29 heavy (non-hydrogen) atoms. The summed E-state index contributed by atoms with van der Waals surface area (Å²) in [6.45, 7) is 4.74. The van der Waals surface area contributed by atoms with Gasteiger partial charge >= 0.3 is 0 Å². The third kappa shape index (κ3) is 3.72. The molecule has 3 aromatic rings. The number of amides is 1. The fourth-order valence-corrected chi connectivity index (χ4v) is 7.59. The van der Waals surface area contributed by atoms with Gasteiger partial charge in [-0.15, -0.1) is 11.3 Å². The van der Waals surface area contributed by atoms with Gasteiger partial charge in [0.1, 0.15) is 4.21 Å². The van der Waals surface area contributed by atoms with E-state index in [4.69, 9.17) is 0 Å². The molecule has 1 aliphatic heterocycles. The van der Waals surface area contributed by atoms with E-state index < -0.39 is 15.9 Å². The van der Waals surface area contributed by atoms with E-state index in [-0.39, 0.29) is 12.5 Å². The first-order chi connectivity index (χ1) is 13.8. The molecule has 0 aliphatic carbocycles. The summed E-state index contributed by atoms with van der Waals surface area (Å²) in [6, 6.07) is 7.49. The van der Waals surface area contributed by atoms with Gasteiger partial charge in [0, 0.05) is 20.1 Å². The SMILES string of the molecule is Cc1ccc(C)c2c1sc(=NC(=O)C1CCCN(S(=O)(=O)c3cccs3)C1)n2C. The number of carbonyl (C=O) groups is 1. The first kappa shape index (κ1) is 20.5. The minimum absolute atomic E-state index is 0.190. The van der Waals surface area contributed by atoms with Crippen LogP contribution in [-0.2, 0) is 21.9 Å². The molecule has 1 unspecified atom stereocenters. The van der Waals surface area contributed by atoms with Gasteiger partial charge in [-0.25, -0.2) is 8.42 Å². The van der Waals surface area contributed by atoms with E-state index in [9.17, 15) is 13.2 Å². The lowest BCUT2D eigenvalue weighted by Gasteiger charge is -2.29. The van der Waals surface area contributed by atoms with Crippen molar-refractivity contribution < 1.29 is 13.2 Å². The summed E-state index contributed by atoms with van der Waals surface area (Å²) < 4.78 is 30.5. The van der Waals surface area contributed by atoms with E-state index in [0.29, 0.717) is 28.4 Å². The quantitative estimate of drug-likeness (QED) is 0.615. The number of carbonyl (C=O) groups excluding carboxylic acids is 1. The van der Waals surface area contributed by atoms with Crippen molar-refractivity contribution in [2.75, 3.05) is 13.1 Å². The molecule has 1 atom stereocenters. The molecular formula is C20H23N3O3S3. The number of nitrogens with zero attached hydrogens (tertiary/aromatic N) is 3. The minimum atomic E-state index is -3.54. The zero-order chi connectivity index (χ0) is 20.8. The molecule has 1 aliphatic rings. The van der Waals surface area contributed by atoms with Crippen LogP contribution in [0.5, 0.6) is 0 Å². The molecule has 0 bridgehead atoms. The summed E-state index contributed by atoms with van der Waals surface area (Å²) in [7, 11) is -1.62. The maximum Gasteiger partial charge on any atom is 0.252 e. The van der Waals surface area contributed by atoms with Crippen LogP contribution in [0.2, 0.25) is 0 Å². The topological polar surface area (TPSA) is 71.7 Å². The Morgan fingerprint density at radius 1 is 1.21 bits per heavy atom. The second-order valence-corrected chi connectivity index (χ2v) is 11.5. The Balaban J connectivity index is 1.64. The molecule has 0 spiro atoms. The fraction of sp³-hybridized carbons (Fsp3) is 0.400. The predicted molar refractivity (Wildman–Crippen MR) is 117 cm³/mol. The van der Waals surface area contributed by atoms with Gasteiger partial charge in [-0.2, -0.15) is 9.30 Å². The summed E-state index contributed by atoms with van der Waals surface area (Å²) >= 11 is 2.71. The van der Waals surface area contributed by atoms with E-state index in [0.717, 1.165) is 21.3 Å². The molecule has 154 valence electrons.